The van der Waals surface area contributed by atoms with Crippen LogP contribution in [0.1, 0.15) is 26.7 Å². The Morgan fingerprint density at radius 1 is 1.44 bits per heavy atom. The highest BCUT2D eigenvalue weighted by molar-refractivity contribution is 4.86. The highest BCUT2D eigenvalue weighted by Gasteiger charge is 2.28. The van der Waals surface area contributed by atoms with Crippen LogP contribution < -0.4 is 5.32 Å². The van der Waals surface area contributed by atoms with E-state index in [-0.39, 0.29) is 6.10 Å². The van der Waals surface area contributed by atoms with Gasteiger partial charge >= 0.3 is 0 Å². The summed E-state index contributed by atoms with van der Waals surface area (Å²) in [5.41, 5.74) is 0. The second kappa shape index (κ2) is 2.67. The molecular weight excluding hydrogens is 114 g/mol. The number of aliphatic hydroxyl groups excluding tert-OH is 1. The van der Waals surface area contributed by atoms with Gasteiger partial charge in [-0.05, 0) is 12.8 Å². The maximum atomic E-state index is 9.09. The molecule has 0 bridgehead atoms. The summed E-state index contributed by atoms with van der Waals surface area (Å²) in [6.07, 6.45) is 2.04. The lowest BCUT2D eigenvalue weighted by molar-refractivity contribution is 0.0461. The molecule has 0 radical (unpaired) electrons. The predicted octanol–water partition coefficient (Wildman–Crippen LogP) is 0.508. The Morgan fingerprint density at radius 3 is 2.22 bits per heavy atom. The fourth-order valence-corrected chi connectivity index (χ4v) is 1.10. The van der Waals surface area contributed by atoms with Crippen LogP contribution in [-0.2, 0) is 0 Å². The molecule has 0 aromatic carbocycles. The molecule has 2 N–H and O–H groups in total. The molecule has 1 rings (SSSR count). The molecule has 0 amide bonds. The highest BCUT2D eigenvalue weighted by Crippen LogP contribution is 2.19. The fourth-order valence-electron chi connectivity index (χ4n) is 1.10. The topological polar surface area (TPSA) is 32.3 Å². The summed E-state index contributed by atoms with van der Waals surface area (Å²) >= 11 is 0. The number of hydrogen-bond donors (Lipinski definition) is 2. The van der Waals surface area contributed by atoms with Crippen molar-refractivity contribution in [3.63, 3.8) is 0 Å². The number of nitrogens with one attached hydrogen (secondary N) is 1. The number of hydrogen-bond acceptors (Lipinski definition) is 2. The molecular formula is C7H15NO. The highest BCUT2D eigenvalue weighted by atomic mass is 16.3. The van der Waals surface area contributed by atoms with Gasteiger partial charge in [-0.25, -0.2) is 0 Å². The number of aliphatic hydroxyl groups is 1. The minimum Gasteiger partial charge on any atom is -0.392 e. The molecule has 2 heteroatoms. The van der Waals surface area contributed by atoms with Crippen molar-refractivity contribution >= 4 is 0 Å². The van der Waals surface area contributed by atoms with Gasteiger partial charge in [-0.3, -0.25) is 0 Å². The zero-order valence-corrected chi connectivity index (χ0v) is 6.09. The molecule has 9 heavy (non-hydrogen) atoms. The smallest absolute Gasteiger partial charge is 0.0693 e. The zero-order chi connectivity index (χ0) is 6.85. The van der Waals surface area contributed by atoms with Gasteiger partial charge in [0.2, 0.25) is 0 Å². The molecule has 0 saturated heterocycles. The van der Waals surface area contributed by atoms with Crippen molar-refractivity contribution in [2.45, 2.75) is 44.9 Å². The Balaban J connectivity index is 2.13. The molecule has 1 saturated carbocycles. The van der Waals surface area contributed by atoms with Crippen molar-refractivity contribution in [1.29, 1.82) is 0 Å². The summed E-state index contributed by atoms with van der Waals surface area (Å²) in [6, 6.07) is 0.884. The summed E-state index contributed by atoms with van der Waals surface area (Å²) in [7, 11) is 0. The third-order valence-corrected chi connectivity index (χ3v) is 1.79. The average molecular weight is 129 g/mol. The first kappa shape index (κ1) is 7.03. The molecule has 1 aliphatic carbocycles. The summed E-state index contributed by atoms with van der Waals surface area (Å²) in [4.78, 5) is 0. The van der Waals surface area contributed by atoms with Crippen LogP contribution in [0.3, 0.4) is 0 Å². The van der Waals surface area contributed by atoms with Crippen molar-refractivity contribution in [3.8, 4) is 0 Å². The SMILES string of the molecule is CC(C)N[C@H]1CC[C@@H]1O. The normalized spacial score (nSPS) is 34.7. The van der Waals surface area contributed by atoms with E-state index in [1.54, 1.807) is 0 Å². The second-order valence-electron chi connectivity index (χ2n) is 3.07. The Morgan fingerprint density at radius 2 is 2.11 bits per heavy atom. The molecule has 1 fully saturated rings. The third kappa shape index (κ3) is 1.66. The van der Waals surface area contributed by atoms with Crippen molar-refractivity contribution in [3.05, 3.63) is 0 Å². The van der Waals surface area contributed by atoms with Crippen LogP contribution in [0, 0.1) is 0 Å². The van der Waals surface area contributed by atoms with Gasteiger partial charge in [0, 0.05) is 12.1 Å². The van der Waals surface area contributed by atoms with Crippen LogP contribution in [0.15, 0.2) is 0 Å². The van der Waals surface area contributed by atoms with E-state index in [4.69, 9.17) is 5.11 Å². The van der Waals surface area contributed by atoms with E-state index in [0.29, 0.717) is 12.1 Å². The first-order valence-electron chi connectivity index (χ1n) is 3.64. The quantitative estimate of drug-likeness (QED) is 0.569. The molecule has 0 aliphatic heterocycles. The summed E-state index contributed by atoms with van der Waals surface area (Å²) < 4.78 is 0. The lowest BCUT2D eigenvalue weighted by Crippen LogP contribution is -2.50. The van der Waals surface area contributed by atoms with Gasteiger partial charge in [-0.1, -0.05) is 13.8 Å². The Bertz CT molecular complexity index is 92.9. The number of rotatable bonds is 2. The largest absolute Gasteiger partial charge is 0.392 e. The van der Waals surface area contributed by atoms with E-state index in [9.17, 15) is 0 Å². The Kier molecular flexibility index (Phi) is 2.09. The van der Waals surface area contributed by atoms with Crippen LogP contribution in [0.25, 0.3) is 0 Å². The lowest BCUT2D eigenvalue weighted by atomic mass is 9.89. The van der Waals surface area contributed by atoms with Crippen molar-refractivity contribution in [1.82, 2.24) is 5.32 Å². The molecule has 2 nitrogen and oxygen atoms in total. The standard InChI is InChI=1S/C7H15NO/c1-5(2)8-6-3-4-7(6)9/h5-9H,3-4H2,1-2H3/t6-,7-/m0/s1. The van der Waals surface area contributed by atoms with Gasteiger partial charge in [0.1, 0.15) is 0 Å². The van der Waals surface area contributed by atoms with E-state index in [2.05, 4.69) is 19.2 Å². The molecule has 2 atom stereocenters. The van der Waals surface area contributed by atoms with Gasteiger partial charge in [-0.2, -0.15) is 0 Å². The summed E-state index contributed by atoms with van der Waals surface area (Å²) in [6.45, 7) is 4.20. The van der Waals surface area contributed by atoms with Crippen LogP contribution in [0.2, 0.25) is 0 Å². The average Bonchev–Trinajstić information content (AvgIpc) is 1.79. The van der Waals surface area contributed by atoms with Crippen molar-refractivity contribution in [2.24, 2.45) is 0 Å². The Labute approximate surface area is 56.3 Å². The second-order valence-corrected chi connectivity index (χ2v) is 3.07. The van der Waals surface area contributed by atoms with Gasteiger partial charge in [-0.15, -0.1) is 0 Å². The molecule has 0 spiro atoms. The van der Waals surface area contributed by atoms with Gasteiger partial charge in [0.25, 0.3) is 0 Å². The first-order chi connectivity index (χ1) is 4.20. The molecule has 0 aromatic rings. The van der Waals surface area contributed by atoms with Gasteiger partial charge in [0.15, 0.2) is 0 Å². The minimum absolute atomic E-state index is 0.0765. The summed E-state index contributed by atoms with van der Waals surface area (Å²) in [5.74, 6) is 0. The molecule has 54 valence electrons. The first-order valence-corrected chi connectivity index (χ1v) is 3.64. The van der Waals surface area contributed by atoms with Crippen LogP contribution >= 0.6 is 0 Å². The molecule has 0 aromatic heterocycles. The molecule has 0 unspecified atom stereocenters. The zero-order valence-electron chi connectivity index (χ0n) is 6.09. The monoisotopic (exact) mass is 129 g/mol. The van der Waals surface area contributed by atoms with Crippen LogP contribution in [0.5, 0.6) is 0 Å². The minimum atomic E-state index is -0.0765. The fraction of sp³-hybridized carbons (Fsp3) is 1.00. The third-order valence-electron chi connectivity index (χ3n) is 1.79. The van der Waals surface area contributed by atoms with Crippen LogP contribution in [0.4, 0.5) is 0 Å². The van der Waals surface area contributed by atoms with Gasteiger partial charge < -0.3 is 10.4 Å². The molecule has 1 aliphatic rings. The van der Waals surface area contributed by atoms with E-state index in [1.807, 2.05) is 0 Å². The van der Waals surface area contributed by atoms with E-state index in [0.717, 1.165) is 12.8 Å². The van der Waals surface area contributed by atoms with Crippen molar-refractivity contribution < 1.29 is 5.11 Å². The maximum absolute atomic E-state index is 9.09. The summed E-state index contributed by atoms with van der Waals surface area (Å²) in [5, 5.41) is 12.4. The van der Waals surface area contributed by atoms with E-state index in [1.165, 1.54) is 0 Å². The van der Waals surface area contributed by atoms with Crippen molar-refractivity contribution in [2.75, 3.05) is 0 Å². The predicted molar refractivity (Wildman–Crippen MR) is 37.3 cm³/mol. The molecule has 0 heterocycles. The van der Waals surface area contributed by atoms with Gasteiger partial charge in [0.05, 0.1) is 6.10 Å². The van der Waals surface area contributed by atoms with E-state index < -0.39 is 0 Å². The maximum Gasteiger partial charge on any atom is 0.0693 e. The Hall–Kier alpha value is -0.0800. The van der Waals surface area contributed by atoms with Crippen LogP contribution in [-0.4, -0.2) is 23.3 Å². The van der Waals surface area contributed by atoms with E-state index >= 15 is 0 Å². The lowest BCUT2D eigenvalue weighted by Gasteiger charge is -2.34.